The van der Waals surface area contributed by atoms with Crippen LogP contribution in [0.25, 0.3) is 33.3 Å². The van der Waals surface area contributed by atoms with Crippen LogP contribution < -0.4 is 15.2 Å². The molecule has 11 nitrogen and oxygen atoms in total. The maximum atomic E-state index is 12.9. The van der Waals surface area contributed by atoms with Crippen LogP contribution in [-0.2, 0) is 11.2 Å². The highest BCUT2D eigenvalue weighted by atomic mass is 16.5. The Kier molecular flexibility index (Phi) is 7.71. The molecule has 2 amide bonds. The molecular formula is C32H34N6O5. The van der Waals surface area contributed by atoms with E-state index in [2.05, 4.69) is 9.97 Å². The average molecular weight is 583 g/mol. The second-order valence-electron chi connectivity index (χ2n) is 11.0. The van der Waals surface area contributed by atoms with Gasteiger partial charge in [0.25, 0.3) is 5.91 Å². The zero-order chi connectivity index (χ0) is 30.1. The molecule has 1 aliphatic rings. The maximum absolute atomic E-state index is 12.9. The second-order valence-corrected chi connectivity index (χ2v) is 11.0. The Morgan fingerprint density at radius 3 is 2.70 bits per heavy atom. The minimum absolute atomic E-state index is 0.0946. The fourth-order valence-electron chi connectivity index (χ4n) is 5.60. The summed E-state index contributed by atoms with van der Waals surface area (Å²) in [5.41, 5.74) is 10.6. The first-order chi connectivity index (χ1) is 20.8. The number of hydrogen-bond donors (Lipinski definition) is 2. The third-order valence-corrected chi connectivity index (χ3v) is 7.85. The van der Waals surface area contributed by atoms with Crippen molar-refractivity contribution in [2.75, 3.05) is 20.7 Å². The number of benzene rings is 2. The molecule has 3 N–H and O–H groups in total. The standard InChI is InChI=1S/C32H34N6O5/c1-18-35-24-11-10-19(14-26(24)42-18)23-17-34-30-29(23)31(43-22-6-4-5-7-22)37-28(36-30)16-20-8-9-21(15-25(20)41-3)32(40)38(2)13-12-27(33)39/h8-11,14-15,17,22H,4-7,12-13,16H2,1-3H3,(H2,33,39)(H,34,36,37). The van der Waals surface area contributed by atoms with Gasteiger partial charge in [-0.25, -0.2) is 9.97 Å². The first kappa shape index (κ1) is 28.2. The number of rotatable bonds is 10. The number of aryl methyl sites for hydroxylation is 1. The Bertz CT molecular complexity index is 1820. The smallest absolute Gasteiger partial charge is 0.253 e. The van der Waals surface area contributed by atoms with Crippen molar-refractivity contribution >= 4 is 33.9 Å². The summed E-state index contributed by atoms with van der Waals surface area (Å²) in [6.07, 6.45) is 6.72. The lowest BCUT2D eigenvalue weighted by atomic mass is 10.0. The molecular weight excluding hydrogens is 548 g/mol. The summed E-state index contributed by atoms with van der Waals surface area (Å²) in [5, 5.41) is 0.818. The monoisotopic (exact) mass is 582 g/mol. The van der Waals surface area contributed by atoms with E-state index in [4.69, 9.17) is 29.6 Å². The number of carbonyl (C=O) groups excluding carboxylic acids is 2. The van der Waals surface area contributed by atoms with Gasteiger partial charge in [0.2, 0.25) is 11.8 Å². The van der Waals surface area contributed by atoms with E-state index in [1.165, 1.54) is 4.90 Å². The van der Waals surface area contributed by atoms with Crippen LogP contribution in [0.5, 0.6) is 11.6 Å². The molecule has 6 rings (SSSR count). The zero-order valence-corrected chi connectivity index (χ0v) is 24.5. The SMILES string of the molecule is COc1cc(C(=O)N(C)CCC(N)=O)ccc1Cc1nc(OC2CCCC2)c2c(-c3ccc4nc(C)oc4c3)c[nH]c2n1. The van der Waals surface area contributed by atoms with Gasteiger partial charge in [0.1, 0.15) is 28.8 Å². The van der Waals surface area contributed by atoms with E-state index >= 15 is 0 Å². The van der Waals surface area contributed by atoms with E-state index in [9.17, 15) is 9.59 Å². The molecule has 1 aliphatic carbocycles. The van der Waals surface area contributed by atoms with Crippen LogP contribution in [0.1, 0.15) is 59.7 Å². The summed E-state index contributed by atoms with van der Waals surface area (Å²) in [6.45, 7) is 2.07. The number of aromatic nitrogens is 4. The van der Waals surface area contributed by atoms with Gasteiger partial charge in [-0.1, -0.05) is 12.1 Å². The fourth-order valence-corrected chi connectivity index (χ4v) is 5.60. The molecule has 0 spiro atoms. The second kappa shape index (κ2) is 11.7. The van der Waals surface area contributed by atoms with Crippen molar-refractivity contribution in [2.45, 2.75) is 51.6 Å². The first-order valence-corrected chi connectivity index (χ1v) is 14.4. The molecule has 3 aromatic heterocycles. The molecule has 3 heterocycles. The van der Waals surface area contributed by atoms with E-state index in [0.717, 1.165) is 53.3 Å². The Balaban J connectivity index is 1.34. The maximum Gasteiger partial charge on any atom is 0.253 e. The Morgan fingerprint density at radius 1 is 1.12 bits per heavy atom. The number of ether oxygens (including phenoxy) is 2. The third kappa shape index (κ3) is 5.88. The van der Waals surface area contributed by atoms with E-state index in [-0.39, 0.29) is 25.0 Å². The van der Waals surface area contributed by atoms with Crippen molar-refractivity contribution in [3.63, 3.8) is 0 Å². The number of primary amides is 1. The fraction of sp³-hybridized carbons (Fsp3) is 0.344. The van der Waals surface area contributed by atoms with Gasteiger partial charge in [0.15, 0.2) is 11.5 Å². The number of methoxy groups -OCH3 is 1. The largest absolute Gasteiger partial charge is 0.496 e. The highest BCUT2D eigenvalue weighted by Crippen LogP contribution is 2.37. The van der Waals surface area contributed by atoms with Gasteiger partial charge >= 0.3 is 0 Å². The van der Waals surface area contributed by atoms with E-state index in [1.807, 2.05) is 37.4 Å². The first-order valence-electron chi connectivity index (χ1n) is 14.4. The minimum Gasteiger partial charge on any atom is -0.496 e. The molecule has 0 radical (unpaired) electrons. The third-order valence-electron chi connectivity index (χ3n) is 7.85. The molecule has 0 bridgehead atoms. The number of H-pyrrole nitrogens is 1. The molecule has 1 saturated carbocycles. The number of carbonyl (C=O) groups is 2. The van der Waals surface area contributed by atoms with Crippen molar-refractivity contribution < 1.29 is 23.5 Å². The van der Waals surface area contributed by atoms with Gasteiger partial charge in [-0.05, 0) is 55.5 Å². The van der Waals surface area contributed by atoms with Crippen LogP contribution in [0.3, 0.4) is 0 Å². The predicted octanol–water partition coefficient (Wildman–Crippen LogP) is 4.94. The number of fused-ring (bicyclic) bond motifs is 2. The van der Waals surface area contributed by atoms with Crippen molar-refractivity contribution in [3.05, 3.63) is 65.4 Å². The molecule has 0 unspecified atom stereocenters. The van der Waals surface area contributed by atoms with Gasteiger partial charge in [0.05, 0.1) is 12.5 Å². The normalized spacial score (nSPS) is 13.6. The summed E-state index contributed by atoms with van der Waals surface area (Å²) in [7, 11) is 3.20. The average Bonchev–Trinajstić information content (AvgIpc) is 3.75. The number of aromatic amines is 1. The van der Waals surface area contributed by atoms with Crippen LogP contribution >= 0.6 is 0 Å². The summed E-state index contributed by atoms with van der Waals surface area (Å²) >= 11 is 0. The van der Waals surface area contributed by atoms with Crippen molar-refractivity contribution in [3.8, 4) is 22.8 Å². The molecule has 222 valence electrons. The highest BCUT2D eigenvalue weighted by molar-refractivity contribution is 5.99. The number of amides is 2. The topological polar surface area (TPSA) is 149 Å². The predicted molar refractivity (Wildman–Crippen MR) is 161 cm³/mol. The van der Waals surface area contributed by atoms with Gasteiger partial charge in [-0.2, -0.15) is 4.98 Å². The molecule has 0 saturated heterocycles. The van der Waals surface area contributed by atoms with E-state index < -0.39 is 5.91 Å². The van der Waals surface area contributed by atoms with Gasteiger partial charge in [-0.3, -0.25) is 9.59 Å². The molecule has 0 atom stereocenters. The number of nitrogens with one attached hydrogen (secondary N) is 1. The molecule has 2 aromatic carbocycles. The van der Waals surface area contributed by atoms with E-state index in [1.54, 1.807) is 26.3 Å². The molecule has 11 heteroatoms. The zero-order valence-electron chi connectivity index (χ0n) is 24.5. The lowest BCUT2D eigenvalue weighted by Gasteiger charge is -2.18. The van der Waals surface area contributed by atoms with Crippen LogP contribution in [0.2, 0.25) is 0 Å². The molecule has 0 aliphatic heterocycles. The van der Waals surface area contributed by atoms with Crippen LogP contribution in [0, 0.1) is 6.92 Å². The number of nitrogens with two attached hydrogens (primary N) is 1. The Hall–Kier alpha value is -4.93. The van der Waals surface area contributed by atoms with Gasteiger partial charge in [-0.15, -0.1) is 0 Å². The Labute approximate surface area is 248 Å². The summed E-state index contributed by atoms with van der Waals surface area (Å²) in [5.74, 6) is 1.57. The van der Waals surface area contributed by atoms with Crippen LogP contribution in [0.15, 0.2) is 47.0 Å². The summed E-state index contributed by atoms with van der Waals surface area (Å²) in [4.78, 5) is 43.0. The van der Waals surface area contributed by atoms with Gasteiger partial charge in [0, 0.05) is 56.2 Å². The minimum atomic E-state index is -0.457. The van der Waals surface area contributed by atoms with Gasteiger partial charge < -0.3 is 29.5 Å². The van der Waals surface area contributed by atoms with Crippen molar-refractivity contribution in [1.29, 1.82) is 0 Å². The lowest BCUT2D eigenvalue weighted by molar-refractivity contribution is -0.118. The highest BCUT2D eigenvalue weighted by Gasteiger charge is 2.23. The molecule has 43 heavy (non-hydrogen) atoms. The summed E-state index contributed by atoms with van der Waals surface area (Å²) in [6, 6.07) is 11.2. The van der Waals surface area contributed by atoms with Crippen molar-refractivity contribution in [2.24, 2.45) is 5.73 Å². The van der Waals surface area contributed by atoms with Crippen LogP contribution in [-0.4, -0.2) is 63.5 Å². The number of hydrogen-bond acceptors (Lipinski definition) is 8. The number of oxazole rings is 1. The summed E-state index contributed by atoms with van der Waals surface area (Å²) < 4.78 is 18.0. The Morgan fingerprint density at radius 2 is 1.93 bits per heavy atom. The molecule has 5 aromatic rings. The van der Waals surface area contributed by atoms with Crippen LogP contribution in [0.4, 0.5) is 0 Å². The lowest BCUT2D eigenvalue weighted by Crippen LogP contribution is -2.30. The number of nitrogens with zero attached hydrogens (tertiary/aromatic N) is 4. The van der Waals surface area contributed by atoms with Crippen molar-refractivity contribution in [1.82, 2.24) is 24.8 Å². The molecule has 1 fully saturated rings. The van der Waals surface area contributed by atoms with E-state index in [0.29, 0.717) is 46.6 Å². The quantitative estimate of drug-likeness (QED) is 0.235.